The average molecular weight is 365 g/mol. The first-order valence-corrected chi connectivity index (χ1v) is 8.82. The van der Waals surface area contributed by atoms with Crippen molar-refractivity contribution in [1.29, 1.82) is 0 Å². The first kappa shape index (κ1) is 17.9. The second-order valence-electron chi connectivity index (χ2n) is 6.70. The molecule has 7 heteroatoms. The number of hydrogen-bond donors (Lipinski definition) is 3. The van der Waals surface area contributed by atoms with Crippen LogP contribution in [0.4, 0.5) is 21.8 Å². The van der Waals surface area contributed by atoms with Crippen LogP contribution in [0.3, 0.4) is 0 Å². The van der Waals surface area contributed by atoms with E-state index >= 15 is 0 Å². The summed E-state index contributed by atoms with van der Waals surface area (Å²) in [6.45, 7) is 4.05. The molecule has 1 atom stereocenters. The summed E-state index contributed by atoms with van der Waals surface area (Å²) in [6, 6.07) is 5.95. The van der Waals surface area contributed by atoms with Crippen molar-refractivity contribution in [2.24, 2.45) is 5.92 Å². The zero-order valence-corrected chi connectivity index (χ0v) is 15.0. The molecule has 0 unspecified atom stereocenters. The van der Waals surface area contributed by atoms with Gasteiger partial charge in [-0.15, -0.1) is 0 Å². The number of nitrogens with zero attached hydrogens (tertiary/aromatic N) is 2. The first-order valence-electron chi connectivity index (χ1n) is 8.44. The number of aliphatic hydroxyl groups excluding tert-OH is 1. The summed E-state index contributed by atoms with van der Waals surface area (Å²) in [7, 11) is 0. The van der Waals surface area contributed by atoms with Crippen LogP contribution in [0.5, 0.6) is 0 Å². The topological polar surface area (TPSA) is 70.1 Å². The minimum Gasteiger partial charge on any atom is -0.394 e. The molecule has 3 rings (SSSR count). The van der Waals surface area contributed by atoms with Crippen molar-refractivity contribution >= 4 is 29.1 Å². The number of anilines is 3. The van der Waals surface area contributed by atoms with Gasteiger partial charge in [-0.05, 0) is 37.0 Å². The zero-order valence-electron chi connectivity index (χ0n) is 14.3. The van der Waals surface area contributed by atoms with Gasteiger partial charge in [0, 0.05) is 12.0 Å². The monoisotopic (exact) mass is 364 g/mol. The average Bonchev–Trinajstić information content (AvgIpc) is 3.40. The third kappa shape index (κ3) is 4.58. The lowest BCUT2D eigenvalue weighted by Crippen LogP contribution is -2.30. The molecule has 0 spiro atoms. The second kappa shape index (κ2) is 7.54. The Morgan fingerprint density at radius 1 is 1.28 bits per heavy atom. The molecule has 1 heterocycles. The summed E-state index contributed by atoms with van der Waals surface area (Å²) in [5, 5.41) is 16.1. The number of hydrogen-bond acceptors (Lipinski definition) is 5. The standard InChI is InChI=1S/C18H22ClFN4O/c1-10(2)16(9-25)23-18-22-15(11-3-4-11)8-17(24-18)21-14-6-5-12(20)7-13(14)19/h5-8,10-11,16,25H,3-4,9H2,1-2H3,(H2,21,22,23,24)/t16-/m1/s1. The van der Waals surface area contributed by atoms with Crippen molar-refractivity contribution in [3.63, 3.8) is 0 Å². The van der Waals surface area contributed by atoms with E-state index in [2.05, 4.69) is 20.6 Å². The summed E-state index contributed by atoms with van der Waals surface area (Å²) in [5.41, 5.74) is 1.54. The lowest BCUT2D eigenvalue weighted by Gasteiger charge is -2.20. The molecular weight excluding hydrogens is 343 g/mol. The van der Waals surface area contributed by atoms with Crippen LogP contribution in [0.15, 0.2) is 24.3 Å². The maximum Gasteiger partial charge on any atom is 0.225 e. The summed E-state index contributed by atoms with van der Waals surface area (Å²) < 4.78 is 13.2. The molecule has 1 aliphatic carbocycles. The van der Waals surface area contributed by atoms with E-state index in [1.54, 1.807) is 6.07 Å². The molecule has 0 saturated heterocycles. The van der Waals surface area contributed by atoms with E-state index in [9.17, 15) is 9.50 Å². The van der Waals surface area contributed by atoms with Crippen molar-refractivity contribution in [3.8, 4) is 0 Å². The predicted molar refractivity (Wildman–Crippen MR) is 98.0 cm³/mol. The Morgan fingerprint density at radius 2 is 2.04 bits per heavy atom. The third-order valence-corrected chi connectivity index (χ3v) is 4.56. The smallest absolute Gasteiger partial charge is 0.225 e. The minimum absolute atomic E-state index is 0.00123. The van der Waals surface area contributed by atoms with Gasteiger partial charge in [0.15, 0.2) is 0 Å². The fraction of sp³-hybridized carbons (Fsp3) is 0.444. The fourth-order valence-electron chi connectivity index (χ4n) is 2.50. The summed E-state index contributed by atoms with van der Waals surface area (Å²) >= 11 is 6.09. The SMILES string of the molecule is CC(C)[C@@H](CO)Nc1nc(Nc2ccc(F)cc2Cl)cc(C2CC2)n1. The van der Waals surface area contributed by atoms with Crippen LogP contribution in [0.1, 0.15) is 38.3 Å². The number of aliphatic hydroxyl groups is 1. The molecule has 5 nitrogen and oxygen atoms in total. The Bertz CT molecular complexity index is 752. The molecule has 1 fully saturated rings. The highest BCUT2D eigenvalue weighted by atomic mass is 35.5. The van der Waals surface area contributed by atoms with E-state index in [1.807, 2.05) is 19.9 Å². The van der Waals surface area contributed by atoms with Gasteiger partial charge in [0.1, 0.15) is 11.6 Å². The Morgan fingerprint density at radius 3 is 2.64 bits per heavy atom. The normalized spacial score (nSPS) is 15.3. The Hall–Kier alpha value is -1.92. The highest BCUT2D eigenvalue weighted by molar-refractivity contribution is 6.33. The molecule has 2 aromatic rings. The van der Waals surface area contributed by atoms with Crippen LogP contribution >= 0.6 is 11.6 Å². The summed E-state index contributed by atoms with van der Waals surface area (Å²) in [5.74, 6) is 1.36. The van der Waals surface area contributed by atoms with Crippen LogP contribution in [0.25, 0.3) is 0 Å². The van der Waals surface area contributed by atoms with E-state index < -0.39 is 0 Å². The largest absolute Gasteiger partial charge is 0.394 e. The van der Waals surface area contributed by atoms with Gasteiger partial charge in [0.05, 0.1) is 29.1 Å². The third-order valence-electron chi connectivity index (χ3n) is 4.25. The number of benzene rings is 1. The molecule has 1 aromatic heterocycles. The number of halogens is 2. The van der Waals surface area contributed by atoms with E-state index in [4.69, 9.17) is 11.6 Å². The summed E-state index contributed by atoms with van der Waals surface area (Å²) in [4.78, 5) is 9.05. The van der Waals surface area contributed by atoms with Gasteiger partial charge in [-0.1, -0.05) is 25.4 Å². The van der Waals surface area contributed by atoms with Gasteiger partial charge in [0.2, 0.25) is 5.95 Å². The molecule has 0 aliphatic heterocycles. The highest BCUT2D eigenvalue weighted by Crippen LogP contribution is 2.40. The van der Waals surface area contributed by atoms with E-state index in [-0.39, 0.29) is 29.4 Å². The van der Waals surface area contributed by atoms with Crippen LogP contribution in [-0.2, 0) is 0 Å². The molecule has 0 radical (unpaired) electrons. The number of nitrogens with one attached hydrogen (secondary N) is 2. The number of rotatable bonds is 7. The van der Waals surface area contributed by atoms with Crippen molar-refractivity contribution in [2.75, 3.05) is 17.2 Å². The molecule has 0 bridgehead atoms. The lowest BCUT2D eigenvalue weighted by molar-refractivity contribution is 0.248. The molecule has 25 heavy (non-hydrogen) atoms. The Kier molecular flexibility index (Phi) is 5.39. The van der Waals surface area contributed by atoms with Crippen molar-refractivity contribution in [2.45, 2.75) is 38.6 Å². The quantitative estimate of drug-likeness (QED) is 0.682. The maximum absolute atomic E-state index is 13.2. The van der Waals surface area contributed by atoms with Gasteiger partial charge >= 0.3 is 0 Å². The summed E-state index contributed by atoms with van der Waals surface area (Å²) in [6.07, 6.45) is 2.22. The van der Waals surface area contributed by atoms with Gasteiger partial charge in [-0.25, -0.2) is 9.37 Å². The number of aromatic nitrogens is 2. The van der Waals surface area contributed by atoms with E-state index in [0.717, 1.165) is 18.5 Å². The Balaban J connectivity index is 1.87. The van der Waals surface area contributed by atoms with E-state index in [1.165, 1.54) is 12.1 Å². The molecule has 1 aliphatic rings. The lowest BCUT2D eigenvalue weighted by atomic mass is 10.1. The van der Waals surface area contributed by atoms with Crippen molar-refractivity contribution in [1.82, 2.24) is 9.97 Å². The first-order chi connectivity index (χ1) is 12.0. The molecular formula is C18H22ClFN4O. The molecule has 1 aromatic carbocycles. The fourth-order valence-corrected chi connectivity index (χ4v) is 2.72. The predicted octanol–water partition coefficient (Wildman–Crippen LogP) is 4.32. The zero-order chi connectivity index (χ0) is 18.0. The minimum atomic E-state index is -0.387. The van der Waals surface area contributed by atoms with Gasteiger partial charge < -0.3 is 15.7 Å². The van der Waals surface area contributed by atoms with Crippen LogP contribution < -0.4 is 10.6 Å². The molecule has 1 saturated carbocycles. The van der Waals surface area contributed by atoms with Crippen LogP contribution in [-0.4, -0.2) is 27.7 Å². The molecule has 3 N–H and O–H groups in total. The van der Waals surface area contributed by atoms with Crippen LogP contribution in [0.2, 0.25) is 5.02 Å². The molecule has 134 valence electrons. The van der Waals surface area contributed by atoms with Crippen molar-refractivity contribution < 1.29 is 9.50 Å². The maximum atomic E-state index is 13.2. The Labute approximate surface area is 151 Å². The van der Waals surface area contributed by atoms with E-state index in [0.29, 0.717) is 23.4 Å². The van der Waals surface area contributed by atoms with Gasteiger partial charge in [-0.2, -0.15) is 4.98 Å². The van der Waals surface area contributed by atoms with Gasteiger partial charge in [0.25, 0.3) is 0 Å². The second-order valence-corrected chi connectivity index (χ2v) is 7.11. The van der Waals surface area contributed by atoms with Gasteiger partial charge in [-0.3, -0.25) is 0 Å². The van der Waals surface area contributed by atoms with Crippen molar-refractivity contribution in [3.05, 3.63) is 40.8 Å². The highest BCUT2D eigenvalue weighted by Gasteiger charge is 2.27. The molecule has 0 amide bonds. The van der Waals surface area contributed by atoms with Crippen LogP contribution in [0, 0.1) is 11.7 Å².